The maximum Gasteiger partial charge on any atom is 0.303 e. The van der Waals surface area contributed by atoms with Gasteiger partial charge in [0.2, 0.25) is 11.8 Å². The van der Waals surface area contributed by atoms with Crippen LogP contribution >= 0.6 is 0 Å². The highest BCUT2D eigenvalue weighted by Crippen LogP contribution is 2.38. The van der Waals surface area contributed by atoms with Gasteiger partial charge in [-0.05, 0) is 6.92 Å². The quantitative estimate of drug-likeness (QED) is 0.105. The van der Waals surface area contributed by atoms with E-state index in [1.807, 2.05) is 0 Å². The van der Waals surface area contributed by atoms with E-state index in [-0.39, 0.29) is 0 Å². The van der Waals surface area contributed by atoms with E-state index in [1.54, 1.807) is 0 Å². The van der Waals surface area contributed by atoms with Crippen molar-refractivity contribution in [3.05, 3.63) is 0 Å². The minimum absolute atomic E-state index is 0.778. The summed E-state index contributed by atoms with van der Waals surface area (Å²) in [5.41, 5.74) is 0. The smallest absolute Gasteiger partial charge is 0.303 e. The molecule has 6 saturated heterocycles. The Labute approximate surface area is 358 Å². The molecule has 0 aromatic rings. The lowest BCUT2D eigenvalue weighted by Gasteiger charge is -2.52. The van der Waals surface area contributed by atoms with E-state index in [2.05, 4.69) is 10.6 Å². The van der Waals surface area contributed by atoms with Gasteiger partial charge in [0.25, 0.3) is 0 Å². The largest absolute Gasteiger partial charge is 0.457 e. The molecule has 0 radical (unpaired) electrons. The predicted octanol–water partition coefficient (Wildman–Crippen LogP) is -8.99. The summed E-state index contributed by atoms with van der Waals surface area (Å²) >= 11 is 0. The average molecular weight is 919 g/mol. The second-order valence-corrected chi connectivity index (χ2v) is 16.1. The van der Waals surface area contributed by atoms with Gasteiger partial charge in [0, 0.05) is 20.8 Å². The number of fused-ring (bicyclic) bond motifs is 8. The summed E-state index contributed by atoms with van der Waals surface area (Å²) < 4.78 is 65.7. The van der Waals surface area contributed by atoms with E-state index in [9.17, 15) is 70.6 Å². The third-order valence-electron chi connectivity index (χ3n) is 11.6. The number of ether oxygens (including phenoxy) is 11. The Hall–Kier alpha value is -2.43. The van der Waals surface area contributed by atoms with Crippen molar-refractivity contribution in [3.8, 4) is 0 Å². The van der Waals surface area contributed by atoms with Crippen molar-refractivity contribution in [1.29, 1.82) is 0 Å². The van der Waals surface area contributed by atoms with Crippen molar-refractivity contribution in [2.45, 2.75) is 181 Å². The molecule has 0 aromatic heterocycles. The third-order valence-corrected chi connectivity index (χ3v) is 11.6. The number of carbonyl (C=O) groups is 3. The molecule has 6 fully saturated rings. The molecule has 0 spiro atoms. The Morgan fingerprint density at radius 3 is 1.30 bits per heavy atom. The molecular formula is C36H58N2O25. The molecule has 6 aliphatic rings. The standard InChI is InChI=1S/C36H58N2O25/c1-9-19(46)28-25(52)34(53-9)59-26-17(37-10(2)43)32(55-14(6-40)21(26)48)62-30-24(51)20(47)13(5-39)57-35(30)60-27-18(38-11(3)44)33(56-15(7-41)22(27)49)63-31-29(54-12(4)45)23(50)16(8-42)58-36(31)61-28/h9,13-36,39-42,46-52H,5-8H2,1-4H3,(H,37,43)(H,38,44)/t9-,13+,14+,15+,16+,17+,18+,19+,20+,21+,22+,23+,24-,25+,26+,27+,28+,29-,30-,31+,32+,33+,34-,35-,36-/m0/s1. The van der Waals surface area contributed by atoms with E-state index in [1.165, 1.54) is 6.92 Å². The van der Waals surface area contributed by atoms with Gasteiger partial charge in [0.05, 0.1) is 32.5 Å². The number of aliphatic hydroxyl groups excluding tert-OH is 11. The maximum atomic E-state index is 12.9. The Bertz CT molecular complexity index is 1550. The number of amides is 2. The Morgan fingerprint density at radius 1 is 0.429 bits per heavy atom. The molecule has 362 valence electrons. The molecule has 6 heterocycles. The number of carbonyl (C=O) groups excluding carboxylic acids is 3. The molecule has 6 bridgehead atoms. The van der Waals surface area contributed by atoms with Gasteiger partial charge in [-0.2, -0.15) is 0 Å². The highest BCUT2D eigenvalue weighted by Gasteiger charge is 2.59. The zero-order chi connectivity index (χ0) is 46.2. The van der Waals surface area contributed by atoms with Crippen LogP contribution in [0.2, 0.25) is 0 Å². The highest BCUT2D eigenvalue weighted by molar-refractivity contribution is 5.73. The number of nitrogens with one attached hydrogen (secondary N) is 2. The van der Waals surface area contributed by atoms with Gasteiger partial charge in [-0.15, -0.1) is 0 Å². The Kier molecular flexibility index (Phi) is 16.7. The first-order chi connectivity index (χ1) is 29.8. The van der Waals surface area contributed by atoms with Crippen molar-refractivity contribution in [1.82, 2.24) is 10.6 Å². The molecule has 27 heteroatoms. The van der Waals surface area contributed by atoms with Gasteiger partial charge in [0.1, 0.15) is 104 Å². The van der Waals surface area contributed by atoms with Crippen LogP contribution < -0.4 is 10.6 Å². The second-order valence-electron chi connectivity index (χ2n) is 16.1. The lowest BCUT2D eigenvalue weighted by atomic mass is 9.93. The van der Waals surface area contributed by atoms with Crippen molar-refractivity contribution >= 4 is 17.8 Å². The molecule has 0 aliphatic carbocycles. The van der Waals surface area contributed by atoms with Crippen molar-refractivity contribution in [3.63, 3.8) is 0 Å². The SMILES string of the molecule is CC(=O)N[C@H]1[C@H]2O[C@@H]3[C@H](O[C@H]4[C@H](O)[C@@H](CO)O[C@H](O[C@H]5[C@H](O[C@H]6[C@@H](O)[C@H](O[C@H]1[C@H](O)[C@@H](CO)O2)O[C@@H](C)[C@H]6O)O[C@H](CO)[C@@H](O)[C@@H]5OC(C)=O)[C@@H]4NC(C)=O)O[C@H](CO)[C@@H](O)[C@@H]3O. The fourth-order valence-corrected chi connectivity index (χ4v) is 8.44. The maximum absolute atomic E-state index is 12.9. The topological polar surface area (TPSA) is 399 Å². The summed E-state index contributed by atoms with van der Waals surface area (Å²) in [6, 6.07) is -3.38. The molecule has 0 aromatic carbocycles. The highest BCUT2D eigenvalue weighted by atomic mass is 16.8. The second kappa shape index (κ2) is 21.0. The van der Waals surface area contributed by atoms with Crippen LogP contribution in [0.3, 0.4) is 0 Å². The van der Waals surface area contributed by atoms with Crippen molar-refractivity contribution in [2.75, 3.05) is 26.4 Å². The monoisotopic (exact) mass is 918 g/mol. The fraction of sp³-hybridized carbons (Fsp3) is 0.917. The van der Waals surface area contributed by atoms with Crippen LogP contribution in [-0.4, -0.2) is 254 Å². The molecular weight excluding hydrogens is 860 g/mol. The summed E-state index contributed by atoms with van der Waals surface area (Å²) in [5, 5.41) is 126. The predicted molar refractivity (Wildman–Crippen MR) is 194 cm³/mol. The fourth-order valence-electron chi connectivity index (χ4n) is 8.44. The summed E-state index contributed by atoms with van der Waals surface area (Å²) in [7, 11) is 0. The van der Waals surface area contributed by atoms with Crippen LogP contribution in [-0.2, 0) is 66.5 Å². The number of rotatable bonds is 7. The van der Waals surface area contributed by atoms with E-state index < -0.39 is 198 Å². The first kappa shape index (κ1) is 50.0. The number of hydrogen-bond donors (Lipinski definition) is 13. The first-order valence-corrected chi connectivity index (χ1v) is 20.3. The van der Waals surface area contributed by atoms with E-state index in [0.717, 1.165) is 20.8 Å². The van der Waals surface area contributed by atoms with Crippen molar-refractivity contribution in [2.24, 2.45) is 0 Å². The molecule has 27 nitrogen and oxygen atoms in total. The zero-order valence-corrected chi connectivity index (χ0v) is 34.4. The van der Waals surface area contributed by atoms with Gasteiger partial charge >= 0.3 is 5.97 Å². The Morgan fingerprint density at radius 2 is 0.825 bits per heavy atom. The minimum atomic E-state index is -2.07. The van der Waals surface area contributed by atoms with Gasteiger partial charge < -0.3 is 119 Å². The molecule has 0 saturated carbocycles. The summed E-state index contributed by atoms with van der Waals surface area (Å²) in [4.78, 5) is 38.1. The summed E-state index contributed by atoms with van der Waals surface area (Å²) in [6.45, 7) is 0.675. The van der Waals surface area contributed by atoms with Crippen LogP contribution in [0.15, 0.2) is 0 Å². The molecule has 63 heavy (non-hydrogen) atoms. The van der Waals surface area contributed by atoms with Crippen LogP contribution in [0.4, 0.5) is 0 Å². The van der Waals surface area contributed by atoms with Gasteiger partial charge in [-0.25, -0.2) is 0 Å². The summed E-state index contributed by atoms with van der Waals surface area (Å²) in [5.74, 6) is -2.59. The molecule has 2 amide bonds. The molecule has 13 N–H and O–H groups in total. The van der Waals surface area contributed by atoms with Crippen LogP contribution in [0, 0.1) is 0 Å². The van der Waals surface area contributed by atoms with Gasteiger partial charge in [0.15, 0.2) is 43.7 Å². The lowest BCUT2D eigenvalue weighted by molar-refractivity contribution is -0.403. The summed E-state index contributed by atoms with van der Waals surface area (Å²) in [6.07, 6.45) is -42.1. The number of aliphatic hydroxyl groups is 11. The minimum Gasteiger partial charge on any atom is -0.457 e. The van der Waals surface area contributed by atoms with E-state index in [4.69, 9.17) is 52.1 Å². The molecule has 6 aliphatic heterocycles. The van der Waals surface area contributed by atoms with E-state index >= 15 is 0 Å². The van der Waals surface area contributed by atoms with Crippen molar-refractivity contribution < 1.29 is 123 Å². The normalized spacial score (nSPS) is 49.5. The van der Waals surface area contributed by atoms with Crippen LogP contribution in [0.25, 0.3) is 0 Å². The zero-order valence-electron chi connectivity index (χ0n) is 34.4. The van der Waals surface area contributed by atoms with Gasteiger partial charge in [-0.3, -0.25) is 14.4 Å². The van der Waals surface area contributed by atoms with Gasteiger partial charge in [-0.1, -0.05) is 0 Å². The van der Waals surface area contributed by atoms with Crippen LogP contribution in [0.5, 0.6) is 0 Å². The number of esters is 1. The van der Waals surface area contributed by atoms with E-state index in [0.29, 0.717) is 0 Å². The molecule has 6 rings (SSSR count). The third kappa shape index (κ3) is 10.4. The lowest BCUT2D eigenvalue weighted by Crippen LogP contribution is -2.72. The molecule has 0 unspecified atom stereocenters. The van der Waals surface area contributed by atoms with Crippen LogP contribution in [0.1, 0.15) is 27.7 Å². The number of hydrogen-bond acceptors (Lipinski definition) is 25. The first-order valence-electron chi connectivity index (χ1n) is 20.3. The average Bonchev–Trinajstić information content (AvgIpc) is 3.23. The Balaban J connectivity index is 1.55. The molecule has 25 atom stereocenters.